The van der Waals surface area contributed by atoms with Crippen LogP contribution in [0, 0.1) is 0 Å². The van der Waals surface area contributed by atoms with Gasteiger partial charge in [0, 0.05) is 6.54 Å². The molecule has 0 aliphatic carbocycles. The summed E-state index contributed by atoms with van der Waals surface area (Å²) in [7, 11) is 1.52. The Balaban J connectivity index is 1.79. The summed E-state index contributed by atoms with van der Waals surface area (Å²) in [4.78, 5) is 22.6. The molecule has 0 radical (unpaired) electrons. The molecule has 0 aromatic heterocycles. The van der Waals surface area contributed by atoms with E-state index in [1.807, 2.05) is 0 Å². The van der Waals surface area contributed by atoms with Crippen LogP contribution in [0.25, 0.3) is 0 Å². The predicted octanol–water partition coefficient (Wildman–Crippen LogP) is 1.45. The third-order valence-electron chi connectivity index (χ3n) is 3.23. The first-order valence-corrected chi connectivity index (χ1v) is 6.66. The summed E-state index contributed by atoms with van der Waals surface area (Å²) in [6.45, 7) is 0.269. The van der Waals surface area contributed by atoms with Crippen molar-refractivity contribution in [2.24, 2.45) is 0 Å². The van der Waals surface area contributed by atoms with Crippen LogP contribution in [-0.2, 0) is 9.53 Å². The zero-order valence-corrected chi connectivity index (χ0v) is 11.7. The molecule has 7 heteroatoms. The molecular weight excluding hydrogens is 276 g/mol. The Labute approximate surface area is 122 Å². The number of aliphatic carboxylic acids is 1. The monoisotopic (exact) mass is 294 g/mol. The van der Waals surface area contributed by atoms with E-state index in [-0.39, 0.29) is 18.7 Å². The molecule has 0 saturated carbocycles. The number of rotatable bonds is 5. The molecule has 1 saturated heterocycles. The number of anilines is 1. The molecule has 0 bridgehead atoms. The normalized spacial score (nSPS) is 20.8. The molecule has 0 spiro atoms. The molecular formula is C14H18N2O5. The van der Waals surface area contributed by atoms with E-state index in [4.69, 9.17) is 14.6 Å². The van der Waals surface area contributed by atoms with Gasteiger partial charge in [-0.2, -0.15) is 0 Å². The number of carboxylic acids is 1. The van der Waals surface area contributed by atoms with Gasteiger partial charge in [0.15, 0.2) is 6.10 Å². The number of methoxy groups -OCH3 is 1. The summed E-state index contributed by atoms with van der Waals surface area (Å²) >= 11 is 0. The summed E-state index contributed by atoms with van der Waals surface area (Å²) in [5, 5.41) is 14.2. The molecule has 7 nitrogen and oxygen atoms in total. The standard InChI is InChI=1S/C14H18N2O5/c1-20-11-5-3-2-4-10(11)16-14(19)15-8-9-6-7-12(21-9)13(17)18/h2-5,9,12H,6-8H2,1H3,(H,17,18)(H2,15,16,19). The molecule has 1 aliphatic rings. The molecule has 114 valence electrons. The van der Waals surface area contributed by atoms with E-state index in [1.54, 1.807) is 24.3 Å². The number of ether oxygens (including phenoxy) is 2. The lowest BCUT2D eigenvalue weighted by Gasteiger charge is -2.14. The van der Waals surface area contributed by atoms with Gasteiger partial charge < -0.3 is 25.2 Å². The Morgan fingerprint density at radius 3 is 2.81 bits per heavy atom. The number of carbonyl (C=O) groups is 2. The Morgan fingerprint density at radius 1 is 1.38 bits per heavy atom. The first-order valence-electron chi connectivity index (χ1n) is 6.66. The lowest BCUT2D eigenvalue weighted by Crippen LogP contribution is -2.36. The van der Waals surface area contributed by atoms with Gasteiger partial charge in [0.1, 0.15) is 5.75 Å². The maximum absolute atomic E-state index is 11.8. The number of benzene rings is 1. The van der Waals surface area contributed by atoms with Gasteiger partial charge >= 0.3 is 12.0 Å². The van der Waals surface area contributed by atoms with Crippen LogP contribution in [0.15, 0.2) is 24.3 Å². The summed E-state index contributed by atoms with van der Waals surface area (Å²) in [6.07, 6.45) is 0.0467. The van der Waals surface area contributed by atoms with Crippen LogP contribution in [0.4, 0.5) is 10.5 Å². The Bertz CT molecular complexity index is 520. The Kier molecular flexibility index (Phi) is 4.99. The Hall–Kier alpha value is -2.28. The fourth-order valence-electron chi connectivity index (χ4n) is 2.16. The van der Waals surface area contributed by atoms with Crippen molar-refractivity contribution in [3.63, 3.8) is 0 Å². The molecule has 3 N–H and O–H groups in total. The van der Waals surface area contributed by atoms with Gasteiger partial charge in [0.2, 0.25) is 0 Å². The third kappa shape index (κ3) is 4.09. The fraction of sp³-hybridized carbons (Fsp3) is 0.429. The van der Waals surface area contributed by atoms with Crippen LogP contribution in [0.5, 0.6) is 5.75 Å². The van der Waals surface area contributed by atoms with Crippen LogP contribution in [0.1, 0.15) is 12.8 Å². The summed E-state index contributed by atoms with van der Waals surface area (Å²) < 4.78 is 10.4. The first-order chi connectivity index (χ1) is 10.1. The van der Waals surface area contributed by atoms with E-state index < -0.39 is 12.1 Å². The van der Waals surface area contributed by atoms with Crippen molar-refractivity contribution in [3.8, 4) is 5.75 Å². The van der Waals surface area contributed by atoms with Crippen molar-refractivity contribution in [3.05, 3.63) is 24.3 Å². The summed E-state index contributed by atoms with van der Waals surface area (Å²) in [6, 6.07) is 6.68. The van der Waals surface area contributed by atoms with Crippen LogP contribution in [0.2, 0.25) is 0 Å². The molecule has 21 heavy (non-hydrogen) atoms. The number of hydrogen-bond acceptors (Lipinski definition) is 4. The summed E-state index contributed by atoms with van der Waals surface area (Å²) in [5.41, 5.74) is 0.563. The maximum atomic E-state index is 11.8. The van der Waals surface area contributed by atoms with E-state index in [9.17, 15) is 9.59 Å². The van der Waals surface area contributed by atoms with Crippen molar-refractivity contribution in [1.29, 1.82) is 0 Å². The van der Waals surface area contributed by atoms with E-state index in [0.717, 1.165) is 0 Å². The van der Waals surface area contributed by atoms with Crippen molar-refractivity contribution in [1.82, 2.24) is 5.32 Å². The quantitative estimate of drug-likeness (QED) is 0.763. The number of carbonyl (C=O) groups excluding carboxylic acids is 1. The zero-order chi connectivity index (χ0) is 15.2. The van der Waals surface area contributed by atoms with Crippen molar-refractivity contribution in [2.45, 2.75) is 25.0 Å². The van der Waals surface area contributed by atoms with Gasteiger partial charge in [-0.15, -0.1) is 0 Å². The molecule has 1 aromatic carbocycles. The number of para-hydroxylation sites is 2. The van der Waals surface area contributed by atoms with Gasteiger partial charge in [0.25, 0.3) is 0 Å². The number of amides is 2. The molecule has 1 heterocycles. The first kappa shape index (κ1) is 15.1. The smallest absolute Gasteiger partial charge is 0.332 e. The lowest BCUT2D eigenvalue weighted by molar-refractivity contribution is -0.149. The predicted molar refractivity (Wildman–Crippen MR) is 75.5 cm³/mol. The zero-order valence-electron chi connectivity index (χ0n) is 11.7. The van der Waals surface area contributed by atoms with E-state index in [2.05, 4.69) is 10.6 Å². The molecule has 1 aliphatic heterocycles. The molecule has 1 fully saturated rings. The van der Waals surface area contributed by atoms with E-state index in [0.29, 0.717) is 24.3 Å². The second-order valence-corrected chi connectivity index (χ2v) is 4.70. The third-order valence-corrected chi connectivity index (χ3v) is 3.23. The van der Waals surface area contributed by atoms with Gasteiger partial charge in [-0.1, -0.05) is 12.1 Å². The number of carboxylic acid groups (broad SMARTS) is 1. The topological polar surface area (TPSA) is 96.9 Å². The highest BCUT2D eigenvalue weighted by Crippen LogP contribution is 2.23. The second-order valence-electron chi connectivity index (χ2n) is 4.70. The average molecular weight is 294 g/mol. The second kappa shape index (κ2) is 6.94. The SMILES string of the molecule is COc1ccccc1NC(=O)NCC1CCC(C(=O)O)O1. The highest BCUT2D eigenvalue weighted by molar-refractivity contribution is 5.90. The average Bonchev–Trinajstić information content (AvgIpc) is 2.95. The van der Waals surface area contributed by atoms with Gasteiger partial charge in [0.05, 0.1) is 18.9 Å². The highest BCUT2D eigenvalue weighted by Gasteiger charge is 2.30. The van der Waals surface area contributed by atoms with Crippen molar-refractivity contribution < 1.29 is 24.2 Å². The van der Waals surface area contributed by atoms with Gasteiger partial charge in [-0.25, -0.2) is 9.59 Å². The minimum Gasteiger partial charge on any atom is -0.495 e. The molecule has 1 aromatic rings. The molecule has 2 atom stereocenters. The van der Waals surface area contributed by atoms with Crippen LogP contribution in [0.3, 0.4) is 0 Å². The van der Waals surface area contributed by atoms with Crippen molar-refractivity contribution >= 4 is 17.7 Å². The van der Waals surface area contributed by atoms with E-state index in [1.165, 1.54) is 7.11 Å². The lowest BCUT2D eigenvalue weighted by atomic mass is 10.2. The van der Waals surface area contributed by atoms with E-state index >= 15 is 0 Å². The molecule has 2 rings (SSSR count). The van der Waals surface area contributed by atoms with Crippen LogP contribution < -0.4 is 15.4 Å². The summed E-state index contributed by atoms with van der Waals surface area (Å²) in [5.74, 6) is -0.397. The highest BCUT2D eigenvalue weighted by atomic mass is 16.5. The number of hydrogen-bond donors (Lipinski definition) is 3. The van der Waals surface area contributed by atoms with Gasteiger partial charge in [-0.05, 0) is 25.0 Å². The number of urea groups is 1. The van der Waals surface area contributed by atoms with Gasteiger partial charge in [-0.3, -0.25) is 0 Å². The maximum Gasteiger partial charge on any atom is 0.332 e. The van der Waals surface area contributed by atoms with Crippen LogP contribution in [-0.4, -0.2) is 43.0 Å². The number of nitrogens with one attached hydrogen (secondary N) is 2. The van der Waals surface area contributed by atoms with Crippen molar-refractivity contribution in [2.75, 3.05) is 19.0 Å². The van der Waals surface area contributed by atoms with Crippen LogP contribution >= 0.6 is 0 Å². The minimum atomic E-state index is -0.962. The largest absolute Gasteiger partial charge is 0.495 e. The molecule has 2 amide bonds. The molecule has 2 unspecified atom stereocenters. The Morgan fingerprint density at radius 2 is 2.14 bits per heavy atom. The minimum absolute atomic E-state index is 0.269. The fourth-order valence-corrected chi connectivity index (χ4v) is 2.16.